The second-order valence-corrected chi connectivity index (χ2v) is 26.6. The molecule has 1 saturated heterocycles. The van der Waals surface area contributed by atoms with Gasteiger partial charge in [-0.2, -0.15) is 0 Å². The minimum atomic E-state index is -0.872. The average molecular weight is 1270 g/mol. The number of likely N-dealkylation sites (tertiary alicyclic amines) is 1. The Bertz CT molecular complexity index is 3250. The second-order valence-electron chi connectivity index (χ2n) is 25.1. The van der Waals surface area contributed by atoms with E-state index in [9.17, 15) is 43.2 Å². The number of nitrogens with one attached hydrogen (secondary N) is 2. The summed E-state index contributed by atoms with van der Waals surface area (Å²) in [5, 5.41) is 14.4. The molecule has 6 aliphatic rings. The van der Waals surface area contributed by atoms with Crippen LogP contribution in [0.15, 0.2) is 97.1 Å². The summed E-state index contributed by atoms with van der Waals surface area (Å²) in [5.74, 6) is 18.8. The molecular formula is C76H97N5O10S. The van der Waals surface area contributed by atoms with Crippen molar-refractivity contribution in [2.45, 2.75) is 195 Å². The number of nitrogens with zero attached hydrogens (tertiary/aromatic N) is 3. The number of carboxylic acids is 1. The van der Waals surface area contributed by atoms with Crippen molar-refractivity contribution in [1.29, 1.82) is 0 Å². The topological polar surface area (TPSA) is 208 Å². The zero-order valence-corrected chi connectivity index (χ0v) is 55.0. The number of imide groups is 3. The quantitative estimate of drug-likeness (QED) is 0.0490. The van der Waals surface area contributed by atoms with Gasteiger partial charge in [0, 0.05) is 110 Å². The molecule has 0 radical (unpaired) electrons. The van der Waals surface area contributed by atoms with Gasteiger partial charge in [-0.05, 0) is 157 Å². The van der Waals surface area contributed by atoms with Crippen LogP contribution in [-0.4, -0.2) is 117 Å². The van der Waals surface area contributed by atoms with E-state index in [0.717, 1.165) is 76.4 Å². The molecule has 3 aliphatic carbocycles. The minimum absolute atomic E-state index is 0. The van der Waals surface area contributed by atoms with Gasteiger partial charge in [0.05, 0.1) is 10.8 Å². The fraction of sp³-hybridized carbons (Fsp3) is 0.513. The summed E-state index contributed by atoms with van der Waals surface area (Å²) in [6, 6.07) is 22.7. The van der Waals surface area contributed by atoms with Crippen LogP contribution in [0.25, 0.3) is 0 Å². The highest BCUT2D eigenvalue weighted by molar-refractivity contribution is 8.00. The van der Waals surface area contributed by atoms with Crippen LogP contribution >= 0.6 is 11.8 Å². The van der Waals surface area contributed by atoms with E-state index in [1.165, 1.54) is 125 Å². The van der Waals surface area contributed by atoms with Gasteiger partial charge in [-0.1, -0.05) is 120 Å². The number of rotatable bonds is 22. The fourth-order valence-electron chi connectivity index (χ4n) is 11.7. The van der Waals surface area contributed by atoms with E-state index >= 15 is 0 Å². The molecule has 492 valence electrons. The summed E-state index contributed by atoms with van der Waals surface area (Å²) in [6.07, 6.45) is 28.5. The summed E-state index contributed by atoms with van der Waals surface area (Å²) in [5.41, 5.74) is 5.17. The van der Waals surface area contributed by atoms with Gasteiger partial charge >= 0.3 is 5.97 Å². The third kappa shape index (κ3) is 24.6. The molecule has 0 bridgehead atoms. The summed E-state index contributed by atoms with van der Waals surface area (Å²) >= 11 is 1.52. The van der Waals surface area contributed by atoms with E-state index in [1.54, 1.807) is 12.1 Å². The molecule has 3 aliphatic heterocycles. The van der Waals surface area contributed by atoms with E-state index < -0.39 is 5.97 Å². The van der Waals surface area contributed by atoms with Crippen LogP contribution in [0.4, 0.5) is 0 Å². The SMILES string of the molecule is C.CC1(Cc2ccc(C(=O)NCCCN3C(=O)C=CC3=O)cc2)C#CCCCCC1.CC1(Cc2ccc(C(=O)O)cc2)C#CCCCCC1.CCCCN1C(=O)C=CC1=O.CCSC1CC(=O)N(CCCNC(=O)c2ccc(CC3(C)C#CCCCCC3)cc2)C1=O. The molecule has 4 unspecified atom stereocenters. The van der Waals surface area contributed by atoms with Crippen LogP contribution < -0.4 is 10.6 Å². The Labute approximate surface area is 551 Å². The molecule has 0 saturated carbocycles. The molecule has 3 aromatic carbocycles. The first-order valence-electron chi connectivity index (χ1n) is 32.8. The highest BCUT2D eigenvalue weighted by Crippen LogP contribution is 2.33. The Morgan fingerprint density at radius 2 is 0.848 bits per heavy atom. The highest BCUT2D eigenvalue weighted by Gasteiger charge is 2.38. The number of thioether (sulfide) groups is 1. The van der Waals surface area contributed by atoms with E-state index in [2.05, 4.69) is 66.9 Å². The van der Waals surface area contributed by atoms with Gasteiger partial charge in [-0.15, -0.1) is 29.5 Å². The van der Waals surface area contributed by atoms with Gasteiger partial charge in [0.25, 0.3) is 35.4 Å². The molecule has 16 heteroatoms. The van der Waals surface area contributed by atoms with Crippen LogP contribution in [0.1, 0.15) is 218 Å². The monoisotopic (exact) mass is 1270 g/mol. The van der Waals surface area contributed by atoms with Crippen LogP contribution in [0.2, 0.25) is 0 Å². The van der Waals surface area contributed by atoms with Crippen molar-refractivity contribution in [2.75, 3.05) is 38.5 Å². The molecule has 92 heavy (non-hydrogen) atoms. The average Bonchev–Trinajstić information content (AvgIpc) is 1.73. The largest absolute Gasteiger partial charge is 0.478 e. The molecule has 0 aromatic heterocycles. The van der Waals surface area contributed by atoms with Crippen LogP contribution in [0, 0.1) is 51.8 Å². The molecular weight excluding hydrogens is 1170 g/mol. The molecule has 1 fully saturated rings. The zero-order valence-electron chi connectivity index (χ0n) is 54.2. The Morgan fingerprint density at radius 3 is 1.20 bits per heavy atom. The lowest BCUT2D eigenvalue weighted by atomic mass is 9.78. The summed E-state index contributed by atoms with van der Waals surface area (Å²) in [7, 11) is 0. The number of carboxylic acid groups (broad SMARTS) is 1. The fourth-order valence-corrected chi connectivity index (χ4v) is 12.6. The van der Waals surface area contributed by atoms with E-state index in [1.807, 2.05) is 74.5 Å². The number of amides is 8. The van der Waals surface area contributed by atoms with Gasteiger partial charge in [0.1, 0.15) is 0 Å². The number of carbonyl (C=O) groups excluding carboxylic acids is 8. The predicted molar refractivity (Wildman–Crippen MR) is 365 cm³/mol. The van der Waals surface area contributed by atoms with Crippen molar-refractivity contribution in [1.82, 2.24) is 25.3 Å². The normalized spacial score (nSPS) is 21.5. The first-order valence-corrected chi connectivity index (χ1v) is 33.9. The van der Waals surface area contributed by atoms with Crippen LogP contribution in [0.5, 0.6) is 0 Å². The number of benzene rings is 3. The van der Waals surface area contributed by atoms with Crippen LogP contribution in [0.3, 0.4) is 0 Å². The van der Waals surface area contributed by atoms with Crippen molar-refractivity contribution in [3.63, 3.8) is 0 Å². The molecule has 0 spiro atoms. The summed E-state index contributed by atoms with van der Waals surface area (Å²) in [6.45, 7) is 12.8. The van der Waals surface area contributed by atoms with Crippen molar-refractivity contribution in [2.24, 2.45) is 16.2 Å². The third-order valence-corrected chi connectivity index (χ3v) is 18.1. The second kappa shape index (κ2) is 38.1. The van der Waals surface area contributed by atoms with Crippen LogP contribution in [-0.2, 0) is 48.0 Å². The first-order chi connectivity index (χ1) is 43.7. The van der Waals surface area contributed by atoms with E-state index in [4.69, 9.17) is 5.11 Å². The summed E-state index contributed by atoms with van der Waals surface area (Å²) in [4.78, 5) is 109. The molecule has 3 N–H and O–H groups in total. The van der Waals surface area contributed by atoms with Crippen molar-refractivity contribution in [3.8, 4) is 35.5 Å². The molecule has 8 amide bonds. The Kier molecular flexibility index (Phi) is 31.0. The Morgan fingerprint density at radius 1 is 0.500 bits per heavy atom. The number of hydrogen-bond acceptors (Lipinski definition) is 10. The zero-order chi connectivity index (χ0) is 65.7. The van der Waals surface area contributed by atoms with Crippen molar-refractivity contribution >= 4 is 65.0 Å². The molecule has 3 aromatic rings. The van der Waals surface area contributed by atoms with Gasteiger partial charge in [0.2, 0.25) is 11.8 Å². The molecule has 3 heterocycles. The summed E-state index contributed by atoms with van der Waals surface area (Å²) < 4.78 is 0. The maximum absolute atomic E-state index is 12.5. The van der Waals surface area contributed by atoms with Gasteiger partial charge in [0.15, 0.2) is 0 Å². The first kappa shape index (κ1) is 74.7. The lowest BCUT2D eigenvalue weighted by Gasteiger charge is -2.25. The van der Waals surface area contributed by atoms with E-state index in [-0.39, 0.29) is 76.2 Å². The lowest BCUT2D eigenvalue weighted by Crippen LogP contribution is -2.34. The van der Waals surface area contributed by atoms with Gasteiger partial charge in [-0.3, -0.25) is 53.1 Å². The van der Waals surface area contributed by atoms with Crippen molar-refractivity contribution in [3.05, 3.63) is 130 Å². The number of aromatic carboxylic acids is 1. The lowest BCUT2D eigenvalue weighted by molar-refractivity contribution is -0.139. The van der Waals surface area contributed by atoms with E-state index in [0.29, 0.717) is 68.7 Å². The molecule has 15 nitrogen and oxygen atoms in total. The smallest absolute Gasteiger partial charge is 0.335 e. The Hall–Kier alpha value is -8.00. The Balaban J connectivity index is 0.000000235. The standard InChI is InChI=1S/C26H34N2O3S.C24H28N2O3.C17H20O2.C8H11NO2.CH4/c1-3-32-22-18-23(29)28(25(22)31)17-9-16-27-24(30)21-12-10-20(11-13-21)19-26(2)14-7-5-4-6-8-15-26;1-24(14-5-3-2-4-6-15-24)18-19-8-10-20(11-9-19)23(29)25-16-7-17-26-21(27)12-13-22(26)28;1-17(11-5-3-2-4-6-12-17)13-14-7-9-15(10-8-14)16(18)19;1-2-3-6-9-7(10)4-5-8(9)11;/h10-13,22H,3-7,9,14,16-19H2,1-2H3,(H,27,30);8-13H,2-5,7,14,16-18H2,1H3,(H,25,29);7-10H,2-5,11,13H2,1H3,(H,18,19);4-5H,2-3,6H2,1H3;1H4. The maximum atomic E-state index is 12.5. The molecule has 4 atom stereocenters. The van der Waals surface area contributed by atoms with Gasteiger partial charge in [-0.25, -0.2) is 4.79 Å². The highest BCUT2D eigenvalue weighted by atomic mass is 32.2. The number of unbranched alkanes of at least 4 members (excludes halogenated alkanes) is 1. The molecule has 9 rings (SSSR count). The maximum Gasteiger partial charge on any atom is 0.335 e. The third-order valence-electron chi connectivity index (χ3n) is 17.0. The minimum Gasteiger partial charge on any atom is -0.478 e. The number of carbonyl (C=O) groups is 9. The van der Waals surface area contributed by atoms with Crippen molar-refractivity contribution < 1.29 is 48.3 Å². The predicted octanol–water partition coefficient (Wildman–Crippen LogP) is 12.7. The number of hydrogen-bond donors (Lipinski definition) is 3. The van der Waals surface area contributed by atoms with Gasteiger partial charge < -0.3 is 15.7 Å².